The van der Waals surface area contributed by atoms with Crippen molar-refractivity contribution in [2.24, 2.45) is 0 Å². The second kappa shape index (κ2) is 9.64. The van der Waals surface area contributed by atoms with Crippen LogP contribution >= 0.6 is 0 Å². The SMILES string of the molecule is Cc1c(CN2CC(F)C2)n(C(C)C)c2cc(-c3nc(N[C@@H]4C[C@H]5CO[C@H](O5)C4O)ncc3F)ccc2c1=O. The Morgan fingerprint density at radius 1 is 1.29 bits per heavy atom. The molecule has 3 aliphatic heterocycles. The monoisotopic (exact) mass is 527 g/mol. The molecule has 6 rings (SSSR count). The number of ether oxygens (including phenoxy) is 2. The van der Waals surface area contributed by atoms with Crippen LogP contribution in [0.15, 0.2) is 29.2 Å². The van der Waals surface area contributed by atoms with Gasteiger partial charge in [-0.3, -0.25) is 9.69 Å². The fraction of sp³-hybridized carbons (Fsp3) is 0.519. The molecule has 9 nitrogen and oxygen atoms in total. The van der Waals surface area contributed by atoms with Gasteiger partial charge in [0, 0.05) is 47.9 Å². The molecule has 0 radical (unpaired) electrons. The van der Waals surface area contributed by atoms with Crippen molar-refractivity contribution >= 4 is 16.9 Å². The number of halogens is 2. The van der Waals surface area contributed by atoms with Crippen molar-refractivity contribution in [2.45, 2.75) is 70.5 Å². The molecule has 0 spiro atoms. The topological polar surface area (TPSA) is 102 Å². The van der Waals surface area contributed by atoms with Gasteiger partial charge in [-0.25, -0.2) is 18.7 Å². The van der Waals surface area contributed by atoms with E-state index in [-0.39, 0.29) is 29.2 Å². The molecule has 2 N–H and O–H groups in total. The number of anilines is 1. The van der Waals surface area contributed by atoms with Crippen molar-refractivity contribution in [1.82, 2.24) is 19.4 Å². The van der Waals surface area contributed by atoms with E-state index < -0.39 is 30.4 Å². The summed E-state index contributed by atoms with van der Waals surface area (Å²) < 4.78 is 41.6. The summed E-state index contributed by atoms with van der Waals surface area (Å²) in [6.07, 6.45) is -0.975. The first-order chi connectivity index (χ1) is 18.2. The predicted octanol–water partition coefficient (Wildman–Crippen LogP) is 2.93. The van der Waals surface area contributed by atoms with Crippen LogP contribution in [0.2, 0.25) is 0 Å². The van der Waals surface area contributed by atoms with E-state index in [0.717, 1.165) is 11.9 Å². The highest BCUT2D eigenvalue weighted by molar-refractivity contribution is 5.85. The lowest BCUT2D eigenvalue weighted by molar-refractivity contribution is -0.156. The Labute approximate surface area is 218 Å². The van der Waals surface area contributed by atoms with Gasteiger partial charge in [0.1, 0.15) is 18.0 Å². The van der Waals surface area contributed by atoms with Gasteiger partial charge in [-0.15, -0.1) is 0 Å². The van der Waals surface area contributed by atoms with E-state index in [1.54, 1.807) is 25.1 Å². The first kappa shape index (κ1) is 25.3. The first-order valence-electron chi connectivity index (χ1n) is 13.0. The molecule has 3 saturated heterocycles. The second-order valence-corrected chi connectivity index (χ2v) is 10.7. The van der Waals surface area contributed by atoms with Crippen LogP contribution in [-0.4, -0.2) is 74.9 Å². The Kier molecular flexibility index (Phi) is 6.42. The number of pyridine rings is 1. The Hall–Kier alpha value is -2.99. The summed E-state index contributed by atoms with van der Waals surface area (Å²) in [5.41, 5.74) is 2.62. The summed E-state index contributed by atoms with van der Waals surface area (Å²) >= 11 is 0. The third-order valence-electron chi connectivity index (χ3n) is 7.68. The van der Waals surface area contributed by atoms with E-state index in [9.17, 15) is 14.3 Å². The van der Waals surface area contributed by atoms with E-state index >= 15 is 4.39 Å². The number of benzene rings is 1. The van der Waals surface area contributed by atoms with Gasteiger partial charge in [0.2, 0.25) is 5.95 Å². The van der Waals surface area contributed by atoms with E-state index in [4.69, 9.17) is 9.47 Å². The maximum Gasteiger partial charge on any atom is 0.223 e. The molecule has 1 unspecified atom stereocenters. The van der Waals surface area contributed by atoms with Crippen molar-refractivity contribution < 1.29 is 23.4 Å². The van der Waals surface area contributed by atoms with Crippen LogP contribution in [0.4, 0.5) is 14.7 Å². The minimum atomic E-state index is -0.910. The van der Waals surface area contributed by atoms with Crippen LogP contribution in [-0.2, 0) is 16.0 Å². The number of nitrogens with one attached hydrogen (secondary N) is 1. The van der Waals surface area contributed by atoms with Crippen LogP contribution in [0.5, 0.6) is 0 Å². The van der Waals surface area contributed by atoms with Gasteiger partial charge in [0.15, 0.2) is 17.5 Å². The fourth-order valence-corrected chi connectivity index (χ4v) is 5.70. The molecule has 5 heterocycles. The first-order valence-corrected chi connectivity index (χ1v) is 13.0. The van der Waals surface area contributed by atoms with Crippen LogP contribution in [0.3, 0.4) is 0 Å². The van der Waals surface area contributed by atoms with Crippen molar-refractivity contribution in [1.29, 1.82) is 0 Å². The number of hydrogen-bond donors (Lipinski definition) is 2. The number of rotatable bonds is 6. The molecule has 2 aromatic heterocycles. The zero-order valence-corrected chi connectivity index (χ0v) is 21.5. The van der Waals surface area contributed by atoms with Gasteiger partial charge in [0.05, 0.1) is 30.5 Å². The quantitative estimate of drug-likeness (QED) is 0.505. The number of hydrogen-bond acceptors (Lipinski definition) is 8. The highest BCUT2D eigenvalue weighted by atomic mass is 19.1. The summed E-state index contributed by atoms with van der Waals surface area (Å²) in [5.74, 6) is -0.428. The maximum absolute atomic E-state index is 15.0. The van der Waals surface area contributed by atoms with E-state index in [0.29, 0.717) is 54.7 Å². The zero-order chi connectivity index (χ0) is 26.7. The molecule has 1 aromatic carbocycles. The molecule has 0 amide bonds. The Morgan fingerprint density at radius 3 is 2.82 bits per heavy atom. The molecule has 2 bridgehead atoms. The summed E-state index contributed by atoms with van der Waals surface area (Å²) in [6, 6.07) is 4.77. The third kappa shape index (κ3) is 4.37. The van der Waals surface area contributed by atoms with Crippen molar-refractivity contribution in [3.63, 3.8) is 0 Å². The number of alkyl halides is 1. The number of aliphatic hydroxyl groups excluding tert-OH is 1. The van der Waals surface area contributed by atoms with Crippen molar-refractivity contribution in [3.05, 3.63) is 51.7 Å². The number of fused-ring (bicyclic) bond motifs is 3. The number of aliphatic hydroxyl groups is 1. The van der Waals surface area contributed by atoms with Crippen LogP contribution in [0, 0.1) is 12.7 Å². The molecular formula is C27H31F2N5O4. The number of aromatic nitrogens is 3. The minimum absolute atomic E-state index is 0.00423. The molecule has 11 heteroatoms. The van der Waals surface area contributed by atoms with Gasteiger partial charge in [-0.1, -0.05) is 6.07 Å². The van der Waals surface area contributed by atoms with Crippen LogP contribution in [0.25, 0.3) is 22.2 Å². The smallest absolute Gasteiger partial charge is 0.223 e. The average molecular weight is 528 g/mol. The van der Waals surface area contributed by atoms with Gasteiger partial charge in [-0.05, 0) is 39.3 Å². The second-order valence-electron chi connectivity index (χ2n) is 10.7. The van der Waals surface area contributed by atoms with Gasteiger partial charge in [0.25, 0.3) is 0 Å². The standard InChI is InChI=1S/C27H31F2N5O4/c1-13(2)34-21-6-15(4-5-18(21)24(35)14(3)22(34)11-33-9-16(28)10-33)23-19(29)8-30-27(32-23)31-20-7-17-12-37-26(38-17)25(20)36/h4-6,8,13,16-17,20,25-26,36H,7,9-12H2,1-3H3,(H,30,31,32)/t17-,20+,25?,26+/m0/s1. The van der Waals surface area contributed by atoms with E-state index in [1.165, 1.54) is 0 Å². The molecule has 202 valence electrons. The highest BCUT2D eigenvalue weighted by Gasteiger charge is 2.43. The van der Waals surface area contributed by atoms with Crippen molar-refractivity contribution in [2.75, 3.05) is 25.0 Å². The third-order valence-corrected chi connectivity index (χ3v) is 7.68. The van der Waals surface area contributed by atoms with Gasteiger partial charge < -0.3 is 24.5 Å². The Bertz CT molecular complexity index is 1440. The summed E-state index contributed by atoms with van der Waals surface area (Å²) in [7, 11) is 0. The van der Waals surface area contributed by atoms with Crippen molar-refractivity contribution in [3.8, 4) is 11.3 Å². The number of nitrogens with zero attached hydrogens (tertiary/aromatic N) is 4. The molecule has 0 saturated carbocycles. The molecule has 38 heavy (non-hydrogen) atoms. The van der Waals surface area contributed by atoms with E-state index in [2.05, 4.69) is 19.9 Å². The van der Waals surface area contributed by atoms with Crippen LogP contribution in [0.1, 0.15) is 37.6 Å². The molecule has 3 fully saturated rings. The van der Waals surface area contributed by atoms with Gasteiger partial charge >= 0.3 is 0 Å². The molecule has 0 aliphatic carbocycles. The molecule has 4 atom stereocenters. The summed E-state index contributed by atoms with van der Waals surface area (Å²) in [5, 5.41) is 14.2. The maximum atomic E-state index is 15.0. The molecular weight excluding hydrogens is 496 g/mol. The zero-order valence-electron chi connectivity index (χ0n) is 21.5. The largest absolute Gasteiger partial charge is 0.386 e. The molecule has 3 aromatic rings. The minimum Gasteiger partial charge on any atom is -0.386 e. The van der Waals surface area contributed by atoms with E-state index in [1.807, 2.05) is 18.7 Å². The van der Waals surface area contributed by atoms with Gasteiger partial charge in [-0.2, -0.15) is 0 Å². The average Bonchev–Trinajstić information content (AvgIpc) is 3.28. The normalized spacial score (nSPS) is 25.8. The Morgan fingerprint density at radius 2 is 2.08 bits per heavy atom. The fourth-order valence-electron chi connectivity index (χ4n) is 5.70. The van der Waals surface area contributed by atoms with Crippen LogP contribution < -0.4 is 10.7 Å². The Balaban J connectivity index is 1.39. The predicted molar refractivity (Wildman–Crippen MR) is 137 cm³/mol. The lowest BCUT2D eigenvalue weighted by Crippen LogP contribution is -2.48. The number of likely N-dealkylation sites (tertiary alicyclic amines) is 1. The lowest BCUT2D eigenvalue weighted by Gasteiger charge is -2.36. The molecule has 3 aliphatic rings. The summed E-state index contributed by atoms with van der Waals surface area (Å²) in [4.78, 5) is 23.8. The summed E-state index contributed by atoms with van der Waals surface area (Å²) in [6.45, 7) is 7.43. The lowest BCUT2D eigenvalue weighted by atomic mass is 10.0. The highest BCUT2D eigenvalue weighted by Crippen LogP contribution is 2.31.